The fourth-order valence-electron chi connectivity index (χ4n) is 2.63. The summed E-state index contributed by atoms with van der Waals surface area (Å²) in [4.78, 5) is 24.3. The molecule has 0 unspecified atom stereocenters. The summed E-state index contributed by atoms with van der Waals surface area (Å²) in [5.74, 6) is 0.942. The van der Waals surface area contributed by atoms with E-state index in [0.29, 0.717) is 35.9 Å². The van der Waals surface area contributed by atoms with Gasteiger partial charge in [-0.3, -0.25) is 9.59 Å². The number of carbonyl (C=O) groups is 2. The van der Waals surface area contributed by atoms with E-state index in [2.05, 4.69) is 22.5 Å². The Morgan fingerprint density at radius 2 is 1.87 bits per heavy atom. The van der Waals surface area contributed by atoms with Gasteiger partial charge in [-0.25, -0.2) is 0 Å². The molecule has 3 rings (SSSR count). The van der Waals surface area contributed by atoms with Crippen molar-refractivity contribution < 1.29 is 18.7 Å². The Bertz CT molecular complexity index is 982. The van der Waals surface area contributed by atoms with Crippen LogP contribution in [0.5, 0.6) is 5.75 Å². The first-order valence-electron chi connectivity index (χ1n) is 9.42. The number of carbonyl (C=O) groups excluding carboxylic acids is 2. The van der Waals surface area contributed by atoms with E-state index in [1.54, 1.807) is 66.9 Å². The topological polar surface area (TPSA) is 92.6 Å². The van der Waals surface area contributed by atoms with Crippen LogP contribution in [0.3, 0.4) is 0 Å². The Morgan fingerprint density at radius 1 is 1.03 bits per heavy atom. The van der Waals surface area contributed by atoms with Crippen molar-refractivity contribution in [3.63, 3.8) is 0 Å². The molecule has 0 saturated heterocycles. The van der Waals surface area contributed by atoms with E-state index < -0.39 is 0 Å². The fourth-order valence-corrected chi connectivity index (χ4v) is 2.63. The zero-order valence-corrected chi connectivity index (χ0v) is 16.4. The summed E-state index contributed by atoms with van der Waals surface area (Å²) < 4.78 is 10.6. The van der Waals surface area contributed by atoms with Crippen LogP contribution in [0.25, 0.3) is 0 Å². The third-order valence-corrected chi connectivity index (χ3v) is 4.09. The molecule has 30 heavy (non-hydrogen) atoms. The molecule has 1 heterocycles. The predicted octanol–water partition coefficient (Wildman–Crippen LogP) is 3.83. The molecule has 154 valence electrons. The van der Waals surface area contributed by atoms with Crippen LogP contribution in [-0.4, -0.2) is 25.0 Å². The number of furan rings is 1. The van der Waals surface area contributed by atoms with Crippen LogP contribution >= 0.6 is 0 Å². The van der Waals surface area contributed by atoms with E-state index in [0.717, 1.165) is 5.69 Å². The molecule has 3 aromatic rings. The maximum absolute atomic E-state index is 12.2. The van der Waals surface area contributed by atoms with Gasteiger partial charge in [-0.05, 0) is 48.5 Å². The van der Waals surface area contributed by atoms with Crippen LogP contribution in [0.4, 0.5) is 11.4 Å². The minimum Gasteiger partial charge on any atom is -0.489 e. The number of rotatable bonds is 10. The van der Waals surface area contributed by atoms with Crippen LogP contribution in [0.1, 0.15) is 16.1 Å². The predicted molar refractivity (Wildman–Crippen MR) is 116 cm³/mol. The fraction of sp³-hybridized carbons (Fsp3) is 0.130. The molecular weight excluding hydrogens is 382 g/mol. The summed E-state index contributed by atoms with van der Waals surface area (Å²) in [7, 11) is 0. The number of nitrogens with one attached hydrogen (secondary N) is 3. The minimum atomic E-state index is -0.200. The number of benzene rings is 2. The van der Waals surface area contributed by atoms with Crippen LogP contribution < -0.4 is 20.7 Å². The van der Waals surface area contributed by atoms with Gasteiger partial charge in [0, 0.05) is 23.0 Å². The Hall–Kier alpha value is -4.00. The molecule has 0 atom stereocenters. The first kappa shape index (κ1) is 20.7. The van der Waals surface area contributed by atoms with Gasteiger partial charge >= 0.3 is 0 Å². The maximum atomic E-state index is 12.2. The SMILES string of the molecule is C=CCOc1cccc(NC(=O)CNc2ccc(C(=O)NCc3ccco3)cc2)c1. The molecule has 2 amide bonds. The van der Waals surface area contributed by atoms with Gasteiger partial charge < -0.3 is 25.1 Å². The van der Waals surface area contributed by atoms with Crippen molar-refractivity contribution in [1.82, 2.24) is 5.32 Å². The molecule has 7 heteroatoms. The van der Waals surface area contributed by atoms with Crippen molar-refractivity contribution in [2.75, 3.05) is 23.8 Å². The van der Waals surface area contributed by atoms with E-state index in [-0.39, 0.29) is 18.4 Å². The zero-order valence-electron chi connectivity index (χ0n) is 16.4. The molecule has 2 aromatic carbocycles. The van der Waals surface area contributed by atoms with E-state index in [1.165, 1.54) is 0 Å². The molecular formula is C23H23N3O4. The second-order valence-electron chi connectivity index (χ2n) is 6.37. The van der Waals surface area contributed by atoms with Crippen molar-refractivity contribution in [1.29, 1.82) is 0 Å². The second kappa shape index (κ2) is 10.5. The number of amides is 2. The lowest BCUT2D eigenvalue weighted by atomic mass is 10.2. The molecule has 7 nitrogen and oxygen atoms in total. The number of ether oxygens (including phenoxy) is 1. The molecule has 1 aromatic heterocycles. The Labute approximate surface area is 174 Å². The van der Waals surface area contributed by atoms with E-state index in [4.69, 9.17) is 9.15 Å². The van der Waals surface area contributed by atoms with Crippen LogP contribution in [0, 0.1) is 0 Å². The van der Waals surface area contributed by atoms with E-state index >= 15 is 0 Å². The molecule has 0 fully saturated rings. The monoisotopic (exact) mass is 405 g/mol. The largest absolute Gasteiger partial charge is 0.489 e. The third-order valence-electron chi connectivity index (χ3n) is 4.09. The Balaban J connectivity index is 1.45. The highest BCUT2D eigenvalue weighted by Crippen LogP contribution is 2.17. The van der Waals surface area contributed by atoms with Gasteiger partial charge in [0.1, 0.15) is 18.1 Å². The number of anilines is 2. The zero-order chi connectivity index (χ0) is 21.2. The van der Waals surface area contributed by atoms with Gasteiger partial charge in [-0.15, -0.1) is 0 Å². The molecule has 0 aliphatic heterocycles. The smallest absolute Gasteiger partial charge is 0.251 e. The highest BCUT2D eigenvalue weighted by atomic mass is 16.5. The highest BCUT2D eigenvalue weighted by molar-refractivity contribution is 5.95. The van der Waals surface area contributed by atoms with Crippen molar-refractivity contribution in [2.45, 2.75) is 6.54 Å². The summed E-state index contributed by atoms with van der Waals surface area (Å²) in [6, 6.07) is 17.6. The van der Waals surface area contributed by atoms with Crippen molar-refractivity contribution in [3.8, 4) is 5.75 Å². The summed E-state index contributed by atoms with van der Waals surface area (Å²) in [6.07, 6.45) is 3.22. The Kier molecular flexibility index (Phi) is 7.27. The Morgan fingerprint density at radius 3 is 2.60 bits per heavy atom. The molecule has 0 aliphatic rings. The van der Waals surface area contributed by atoms with Crippen LogP contribution in [0.2, 0.25) is 0 Å². The van der Waals surface area contributed by atoms with Gasteiger partial charge in [0.2, 0.25) is 5.91 Å². The minimum absolute atomic E-state index is 0.0851. The van der Waals surface area contributed by atoms with Crippen LogP contribution in [0.15, 0.2) is 84.0 Å². The third kappa shape index (κ3) is 6.27. The van der Waals surface area contributed by atoms with Crippen LogP contribution in [-0.2, 0) is 11.3 Å². The summed E-state index contributed by atoms with van der Waals surface area (Å²) in [5.41, 5.74) is 1.90. The maximum Gasteiger partial charge on any atom is 0.251 e. The summed E-state index contributed by atoms with van der Waals surface area (Å²) in [6.45, 7) is 4.41. The van der Waals surface area contributed by atoms with Crippen molar-refractivity contribution in [2.24, 2.45) is 0 Å². The van der Waals surface area contributed by atoms with E-state index in [9.17, 15) is 9.59 Å². The van der Waals surface area contributed by atoms with Gasteiger partial charge in [-0.2, -0.15) is 0 Å². The standard InChI is InChI=1S/C23H23N3O4/c1-2-12-29-20-6-3-5-19(14-20)26-22(27)16-24-18-10-8-17(9-11-18)23(28)25-15-21-7-4-13-30-21/h2-11,13-14,24H,1,12,15-16H2,(H,25,28)(H,26,27). The highest BCUT2D eigenvalue weighted by Gasteiger charge is 2.07. The van der Waals surface area contributed by atoms with Crippen molar-refractivity contribution >= 4 is 23.2 Å². The van der Waals surface area contributed by atoms with Gasteiger partial charge in [0.05, 0.1) is 19.4 Å². The van der Waals surface area contributed by atoms with Crippen molar-refractivity contribution in [3.05, 3.63) is 90.9 Å². The summed E-state index contributed by atoms with van der Waals surface area (Å²) in [5, 5.41) is 8.62. The lowest BCUT2D eigenvalue weighted by molar-refractivity contribution is -0.114. The molecule has 0 saturated carbocycles. The number of hydrogen-bond donors (Lipinski definition) is 3. The lowest BCUT2D eigenvalue weighted by Crippen LogP contribution is -2.23. The van der Waals surface area contributed by atoms with Gasteiger partial charge in [0.15, 0.2) is 0 Å². The normalized spacial score (nSPS) is 10.1. The second-order valence-corrected chi connectivity index (χ2v) is 6.37. The molecule has 3 N–H and O–H groups in total. The lowest BCUT2D eigenvalue weighted by Gasteiger charge is -2.10. The average Bonchev–Trinajstić information content (AvgIpc) is 3.29. The first-order chi connectivity index (χ1) is 14.6. The summed E-state index contributed by atoms with van der Waals surface area (Å²) >= 11 is 0. The molecule has 0 radical (unpaired) electrons. The first-order valence-corrected chi connectivity index (χ1v) is 9.42. The molecule has 0 spiro atoms. The van der Waals surface area contributed by atoms with Gasteiger partial charge in [-0.1, -0.05) is 18.7 Å². The quantitative estimate of drug-likeness (QED) is 0.446. The van der Waals surface area contributed by atoms with E-state index in [1.807, 2.05) is 6.07 Å². The number of hydrogen-bond acceptors (Lipinski definition) is 5. The molecule has 0 bridgehead atoms. The molecule has 0 aliphatic carbocycles. The average molecular weight is 405 g/mol. The van der Waals surface area contributed by atoms with Gasteiger partial charge in [0.25, 0.3) is 5.91 Å².